The summed E-state index contributed by atoms with van der Waals surface area (Å²) in [5.74, 6) is -2.88. The zero-order valence-corrected chi connectivity index (χ0v) is 17.6. The molecule has 160 valence electrons. The highest BCUT2D eigenvalue weighted by Crippen LogP contribution is 2.56. The van der Waals surface area contributed by atoms with Crippen LogP contribution in [0.4, 0.5) is 30.7 Å². The monoisotopic (exact) mass is 422 g/mol. The van der Waals surface area contributed by atoms with Crippen LogP contribution in [0.2, 0.25) is 16.6 Å². The zero-order valence-electron chi connectivity index (χ0n) is 16.6. The summed E-state index contributed by atoms with van der Waals surface area (Å²) in [7, 11) is -2.82. The molecule has 9 heteroatoms. The van der Waals surface area contributed by atoms with Gasteiger partial charge in [0, 0.05) is 0 Å². The van der Waals surface area contributed by atoms with Crippen molar-refractivity contribution >= 4 is 8.32 Å². The Bertz CT molecular complexity index is 499. The Morgan fingerprint density at radius 2 is 1.26 bits per heavy atom. The van der Waals surface area contributed by atoms with Gasteiger partial charge in [0.25, 0.3) is 8.32 Å². The quantitative estimate of drug-likeness (QED) is 0.315. The van der Waals surface area contributed by atoms with Gasteiger partial charge in [-0.3, -0.25) is 0 Å². The number of rotatable bonds is 6. The molecule has 1 atom stereocenters. The highest BCUT2D eigenvalue weighted by Gasteiger charge is 2.76. The molecule has 0 N–H and O–H groups in total. The van der Waals surface area contributed by atoms with Crippen LogP contribution in [0, 0.1) is 5.92 Å². The van der Waals surface area contributed by atoms with E-state index in [1.165, 1.54) is 6.08 Å². The van der Waals surface area contributed by atoms with Crippen LogP contribution < -0.4 is 0 Å². The van der Waals surface area contributed by atoms with Gasteiger partial charge in [-0.15, -0.1) is 0 Å². The molecule has 1 aliphatic carbocycles. The minimum absolute atomic E-state index is 0.0505. The van der Waals surface area contributed by atoms with Crippen molar-refractivity contribution in [3.63, 3.8) is 0 Å². The Hall–Kier alpha value is -0.733. The average molecular weight is 423 g/mol. The van der Waals surface area contributed by atoms with Gasteiger partial charge in [0.2, 0.25) is 0 Å². The molecule has 1 nitrogen and oxygen atoms in total. The lowest BCUT2D eigenvalue weighted by atomic mass is 9.79. The molecule has 0 aromatic rings. The maximum atomic E-state index is 14.8. The number of allylic oxidation sites excluding steroid dienone is 2. The Labute approximate surface area is 157 Å². The third-order valence-corrected chi connectivity index (χ3v) is 11.7. The van der Waals surface area contributed by atoms with Crippen molar-refractivity contribution < 1.29 is 35.2 Å². The van der Waals surface area contributed by atoms with Crippen LogP contribution in [0.3, 0.4) is 0 Å². The average Bonchev–Trinajstić information content (AvgIpc) is 2.48. The molecule has 0 saturated heterocycles. The van der Waals surface area contributed by atoms with Crippen LogP contribution in [0.15, 0.2) is 11.8 Å². The molecule has 27 heavy (non-hydrogen) atoms. The van der Waals surface area contributed by atoms with Gasteiger partial charge in [-0.2, -0.15) is 26.3 Å². The number of hydrogen-bond acceptors (Lipinski definition) is 1. The molecular formula is C18H29F7OSi. The second kappa shape index (κ2) is 7.95. The second-order valence-corrected chi connectivity index (χ2v) is 13.6. The molecule has 0 aromatic carbocycles. The summed E-state index contributed by atoms with van der Waals surface area (Å²) in [6, 6.07) is 0. The van der Waals surface area contributed by atoms with Crippen molar-refractivity contribution in [1.82, 2.24) is 0 Å². The van der Waals surface area contributed by atoms with Gasteiger partial charge in [-0.25, -0.2) is 4.39 Å². The van der Waals surface area contributed by atoms with Crippen LogP contribution in [-0.4, -0.2) is 26.3 Å². The molecule has 0 amide bonds. The van der Waals surface area contributed by atoms with Crippen LogP contribution in [0.1, 0.15) is 60.8 Å². The van der Waals surface area contributed by atoms with Crippen LogP contribution in [0.25, 0.3) is 0 Å². The highest BCUT2D eigenvalue weighted by atomic mass is 28.4. The largest absolute Gasteiger partial charge is 0.546 e. The molecule has 0 aromatic heterocycles. The fraction of sp³-hybridized carbons (Fsp3) is 0.889. The standard InChI is InChI=1S/C18H29F7OSi/c1-11(2)27(12(3)4,13(5)6)26-15-10-8-7-9-14(15)16(19,17(20,21)22)18(23,24)25/h10-14H,7-9H2,1-6H3. The van der Waals surface area contributed by atoms with Crippen molar-refractivity contribution in [2.45, 2.75) is 95.4 Å². The maximum Gasteiger partial charge on any atom is 0.432 e. The third kappa shape index (κ3) is 4.17. The number of hydrogen-bond donors (Lipinski definition) is 0. The van der Waals surface area contributed by atoms with E-state index in [9.17, 15) is 30.7 Å². The van der Waals surface area contributed by atoms with E-state index in [1.54, 1.807) is 0 Å². The van der Waals surface area contributed by atoms with Crippen molar-refractivity contribution in [2.75, 3.05) is 0 Å². The van der Waals surface area contributed by atoms with E-state index in [0.29, 0.717) is 0 Å². The summed E-state index contributed by atoms with van der Waals surface area (Å²) in [4.78, 5) is 0. The predicted molar refractivity (Wildman–Crippen MR) is 93.5 cm³/mol. The van der Waals surface area contributed by atoms with Crippen LogP contribution in [-0.2, 0) is 4.43 Å². The minimum atomic E-state index is -6.08. The molecule has 0 aliphatic heterocycles. The molecule has 0 bridgehead atoms. The summed E-state index contributed by atoms with van der Waals surface area (Å²) in [5.41, 5.74) is -5.51. The summed E-state index contributed by atoms with van der Waals surface area (Å²) >= 11 is 0. The van der Waals surface area contributed by atoms with Gasteiger partial charge < -0.3 is 4.43 Å². The Morgan fingerprint density at radius 3 is 1.59 bits per heavy atom. The summed E-state index contributed by atoms with van der Waals surface area (Å²) in [6.45, 7) is 11.2. The molecule has 0 spiro atoms. The lowest BCUT2D eigenvalue weighted by molar-refractivity contribution is -0.357. The van der Waals surface area contributed by atoms with Crippen molar-refractivity contribution in [1.29, 1.82) is 0 Å². The fourth-order valence-corrected chi connectivity index (χ4v) is 9.81. The van der Waals surface area contributed by atoms with Gasteiger partial charge in [-0.1, -0.05) is 41.5 Å². The van der Waals surface area contributed by atoms with Crippen LogP contribution >= 0.6 is 0 Å². The van der Waals surface area contributed by atoms with Gasteiger partial charge in [0.05, 0.1) is 11.7 Å². The highest BCUT2D eigenvalue weighted by molar-refractivity contribution is 6.77. The fourth-order valence-electron chi connectivity index (χ4n) is 4.47. The molecular weight excluding hydrogens is 393 g/mol. The van der Waals surface area contributed by atoms with E-state index in [4.69, 9.17) is 4.43 Å². The van der Waals surface area contributed by atoms with E-state index in [1.807, 2.05) is 41.5 Å². The van der Waals surface area contributed by atoms with Gasteiger partial charge in [0.15, 0.2) is 0 Å². The SMILES string of the molecule is CC(C)[Si](OC1=CCCCC1C(F)(C(F)(F)F)C(F)(F)F)(C(C)C)C(C)C. The third-order valence-electron chi connectivity index (χ3n) is 5.69. The molecule has 0 heterocycles. The topological polar surface area (TPSA) is 9.23 Å². The smallest absolute Gasteiger partial charge is 0.432 e. The van der Waals surface area contributed by atoms with Gasteiger partial charge in [-0.05, 0) is 42.0 Å². The lowest BCUT2D eigenvalue weighted by Crippen LogP contribution is -2.60. The zero-order chi connectivity index (χ0) is 21.4. The molecule has 1 aliphatic rings. The number of alkyl halides is 7. The van der Waals surface area contributed by atoms with E-state index in [2.05, 4.69) is 0 Å². The molecule has 0 radical (unpaired) electrons. The Morgan fingerprint density at radius 1 is 0.852 bits per heavy atom. The molecule has 1 rings (SSSR count). The Kier molecular flexibility index (Phi) is 7.15. The second-order valence-electron chi connectivity index (χ2n) is 8.22. The molecule has 0 saturated carbocycles. The summed E-state index contributed by atoms with van der Waals surface area (Å²) < 4.78 is 101. The minimum Gasteiger partial charge on any atom is -0.546 e. The van der Waals surface area contributed by atoms with E-state index in [0.717, 1.165) is 0 Å². The van der Waals surface area contributed by atoms with Crippen molar-refractivity contribution in [3.8, 4) is 0 Å². The van der Waals surface area contributed by atoms with Crippen LogP contribution in [0.5, 0.6) is 0 Å². The summed E-state index contributed by atoms with van der Waals surface area (Å²) in [6.07, 6.45) is -11.2. The number of halogens is 7. The van der Waals surface area contributed by atoms with Crippen molar-refractivity contribution in [3.05, 3.63) is 11.8 Å². The first-order valence-corrected chi connectivity index (χ1v) is 11.4. The normalized spacial score (nSPS) is 20.4. The molecule has 1 unspecified atom stereocenters. The van der Waals surface area contributed by atoms with Crippen molar-refractivity contribution in [2.24, 2.45) is 5.92 Å². The first-order valence-electron chi connectivity index (χ1n) is 9.24. The first kappa shape index (κ1) is 24.3. The van der Waals surface area contributed by atoms with E-state index >= 15 is 0 Å². The predicted octanol–water partition coefficient (Wildman–Crippen LogP) is 7.70. The first-order chi connectivity index (χ1) is 12.0. The Balaban J connectivity index is 3.51. The lowest BCUT2D eigenvalue weighted by Gasteiger charge is -2.47. The summed E-state index contributed by atoms with van der Waals surface area (Å²) in [5, 5.41) is 0. The van der Waals surface area contributed by atoms with Gasteiger partial charge in [0.1, 0.15) is 0 Å². The van der Waals surface area contributed by atoms with E-state index < -0.39 is 44.4 Å². The maximum absolute atomic E-state index is 14.8. The van der Waals surface area contributed by atoms with Gasteiger partial charge >= 0.3 is 18.0 Å². The molecule has 0 fully saturated rings. The van der Waals surface area contributed by atoms with E-state index in [-0.39, 0.29) is 29.5 Å².